The normalized spacial score (nSPS) is 12.1. The number of nitrogens with one attached hydrogen (secondary N) is 1. The molecule has 0 bridgehead atoms. The van der Waals surface area contributed by atoms with E-state index in [1.165, 1.54) is 0 Å². The Balaban J connectivity index is 1.51. The van der Waals surface area contributed by atoms with Gasteiger partial charge < -0.3 is 16.2 Å². The van der Waals surface area contributed by atoms with Gasteiger partial charge in [0.05, 0.1) is 16.7 Å². The first-order valence-corrected chi connectivity index (χ1v) is 10.7. The highest BCUT2D eigenvalue weighted by molar-refractivity contribution is 6.36. The summed E-state index contributed by atoms with van der Waals surface area (Å²) >= 11 is 12.5. The molecule has 164 valence electrons. The van der Waals surface area contributed by atoms with Crippen molar-refractivity contribution in [1.82, 2.24) is 19.9 Å². The quantitative estimate of drug-likeness (QED) is 0.386. The molecule has 2 aromatic heterocycles. The number of carbonyl (C=O) groups excluding carboxylic acids is 1. The SMILES string of the molecule is Cc1ccc(-c2ccn3nc(N)nc3c2)c(Cl)c1C(=O)NCCC(O)c1ccc(Cl)cc1. The second-order valence-electron chi connectivity index (χ2n) is 7.42. The summed E-state index contributed by atoms with van der Waals surface area (Å²) < 4.78 is 1.57. The molecule has 9 heteroatoms. The van der Waals surface area contributed by atoms with E-state index in [0.717, 1.165) is 16.7 Å². The fourth-order valence-corrected chi connectivity index (χ4v) is 4.04. The predicted octanol–water partition coefficient (Wildman–Crippen LogP) is 4.45. The van der Waals surface area contributed by atoms with Crippen LogP contribution in [0.15, 0.2) is 54.7 Å². The molecule has 2 aromatic carbocycles. The summed E-state index contributed by atoms with van der Waals surface area (Å²) in [5, 5.41) is 18.2. The van der Waals surface area contributed by atoms with E-state index < -0.39 is 6.10 Å². The van der Waals surface area contributed by atoms with Gasteiger partial charge in [0, 0.05) is 23.3 Å². The van der Waals surface area contributed by atoms with Gasteiger partial charge in [0.25, 0.3) is 5.91 Å². The minimum atomic E-state index is -0.710. The Kier molecular flexibility index (Phi) is 6.32. The summed E-state index contributed by atoms with van der Waals surface area (Å²) in [6.45, 7) is 2.11. The van der Waals surface area contributed by atoms with Gasteiger partial charge in [-0.05, 0) is 54.3 Å². The number of hydrogen-bond acceptors (Lipinski definition) is 5. The maximum Gasteiger partial charge on any atom is 0.253 e. The van der Waals surface area contributed by atoms with E-state index in [2.05, 4.69) is 15.4 Å². The average Bonchev–Trinajstić information content (AvgIpc) is 3.13. The number of anilines is 1. The van der Waals surface area contributed by atoms with Crippen LogP contribution >= 0.6 is 23.2 Å². The number of fused-ring (bicyclic) bond motifs is 1. The number of aliphatic hydroxyl groups excluding tert-OH is 1. The van der Waals surface area contributed by atoms with Crippen molar-refractivity contribution in [3.63, 3.8) is 0 Å². The van der Waals surface area contributed by atoms with Crippen LogP contribution in [-0.4, -0.2) is 32.2 Å². The third-order valence-corrected chi connectivity index (χ3v) is 5.84. The van der Waals surface area contributed by atoms with Crippen LogP contribution in [0.1, 0.15) is 34.0 Å². The van der Waals surface area contributed by atoms with Gasteiger partial charge in [-0.2, -0.15) is 4.98 Å². The summed E-state index contributed by atoms with van der Waals surface area (Å²) in [4.78, 5) is 17.1. The molecule has 1 atom stereocenters. The van der Waals surface area contributed by atoms with Crippen molar-refractivity contribution < 1.29 is 9.90 Å². The van der Waals surface area contributed by atoms with E-state index >= 15 is 0 Å². The van der Waals surface area contributed by atoms with E-state index in [4.69, 9.17) is 28.9 Å². The van der Waals surface area contributed by atoms with E-state index in [9.17, 15) is 9.90 Å². The number of hydrogen-bond donors (Lipinski definition) is 3. The Hall–Kier alpha value is -3.13. The van der Waals surface area contributed by atoms with Crippen LogP contribution in [0.25, 0.3) is 16.8 Å². The van der Waals surface area contributed by atoms with E-state index in [0.29, 0.717) is 33.2 Å². The zero-order chi connectivity index (χ0) is 22.8. The minimum Gasteiger partial charge on any atom is -0.388 e. The first-order chi connectivity index (χ1) is 15.3. The summed E-state index contributed by atoms with van der Waals surface area (Å²) in [5.41, 5.74) is 9.62. The van der Waals surface area contributed by atoms with Crippen molar-refractivity contribution in [2.24, 2.45) is 0 Å². The number of rotatable bonds is 6. The first-order valence-electron chi connectivity index (χ1n) is 9.96. The number of benzene rings is 2. The molecule has 2 heterocycles. The number of nitrogen functional groups attached to an aromatic ring is 1. The van der Waals surface area contributed by atoms with Gasteiger partial charge in [0.1, 0.15) is 0 Å². The average molecular weight is 470 g/mol. The fourth-order valence-electron chi connectivity index (χ4n) is 3.50. The summed E-state index contributed by atoms with van der Waals surface area (Å²) in [6, 6.07) is 14.3. The lowest BCUT2D eigenvalue weighted by atomic mass is 9.99. The van der Waals surface area contributed by atoms with Crippen LogP contribution in [0.3, 0.4) is 0 Å². The molecule has 0 aliphatic heterocycles. The smallest absolute Gasteiger partial charge is 0.253 e. The number of carbonyl (C=O) groups is 1. The molecule has 7 nitrogen and oxygen atoms in total. The fraction of sp³-hybridized carbons (Fsp3) is 0.174. The number of halogens is 2. The van der Waals surface area contributed by atoms with Crippen molar-refractivity contribution in [3.8, 4) is 11.1 Å². The van der Waals surface area contributed by atoms with E-state index in [-0.39, 0.29) is 18.4 Å². The maximum atomic E-state index is 12.9. The third kappa shape index (κ3) is 4.55. The summed E-state index contributed by atoms with van der Waals surface area (Å²) in [7, 11) is 0. The second kappa shape index (κ2) is 9.16. The monoisotopic (exact) mass is 469 g/mol. The number of nitrogens with two attached hydrogens (primary N) is 1. The highest BCUT2D eigenvalue weighted by atomic mass is 35.5. The van der Waals surface area contributed by atoms with Crippen molar-refractivity contribution in [2.45, 2.75) is 19.4 Å². The maximum absolute atomic E-state index is 12.9. The number of nitrogens with zero attached hydrogens (tertiary/aromatic N) is 3. The molecule has 4 rings (SSSR count). The molecule has 0 spiro atoms. The summed E-state index contributed by atoms with van der Waals surface area (Å²) in [6.07, 6.45) is 1.38. The molecule has 4 aromatic rings. The lowest BCUT2D eigenvalue weighted by Gasteiger charge is -2.15. The Morgan fingerprint density at radius 3 is 2.69 bits per heavy atom. The molecule has 0 radical (unpaired) electrons. The molecule has 0 fully saturated rings. The topological polar surface area (TPSA) is 106 Å². The van der Waals surface area contributed by atoms with Gasteiger partial charge >= 0.3 is 0 Å². The third-order valence-electron chi connectivity index (χ3n) is 5.20. The number of amides is 1. The van der Waals surface area contributed by atoms with Crippen molar-refractivity contribution >= 4 is 40.7 Å². The van der Waals surface area contributed by atoms with Gasteiger partial charge in [-0.3, -0.25) is 4.79 Å². The Labute approximate surface area is 194 Å². The predicted molar refractivity (Wildman–Crippen MR) is 126 cm³/mol. The molecular weight excluding hydrogens is 449 g/mol. The molecular formula is C23H21Cl2N5O2. The zero-order valence-electron chi connectivity index (χ0n) is 17.2. The lowest BCUT2D eigenvalue weighted by molar-refractivity contribution is 0.0942. The number of pyridine rings is 1. The molecule has 0 saturated carbocycles. The molecule has 0 saturated heterocycles. The van der Waals surface area contributed by atoms with Crippen LogP contribution in [0.4, 0.5) is 5.95 Å². The lowest BCUT2D eigenvalue weighted by Crippen LogP contribution is -2.26. The second-order valence-corrected chi connectivity index (χ2v) is 8.23. The molecule has 1 unspecified atom stereocenters. The van der Waals surface area contributed by atoms with E-state index in [1.54, 1.807) is 35.0 Å². The van der Waals surface area contributed by atoms with Crippen LogP contribution in [0, 0.1) is 6.92 Å². The van der Waals surface area contributed by atoms with Gasteiger partial charge in [0.2, 0.25) is 5.95 Å². The van der Waals surface area contributed by atoms with Gasteiger partial charge in [-0.1, -0.05) is 47.5 Å². The highest BCUT2D eigenvalue weighted by Gasteiger charge is 2.18. The van der Waals surface area contributed by atoms with Crippen LogP contribution in [0.2, 0.25) is 10.0 Å². The molecule has 32 heavy (non-hydrogen) atoms. The first kappa shape index (κ1) is 22.1. The van der Waals surface area contributed by atoms with Gasteiger partial charge in [0.15, 0.2) is 5.65 Å². The summed E-state index contributed by atoms with van der Waals surface area (Å²) in [5.74, 6) is -0.122. The van der Waals surface area contributed by atoms with Crippen molar-refractivity contribution in [1.29, 1.82) is 0 Å². The van der Waals surface area contributed by atoms with Gasteiger partial charge in [-0.15, -0.1) is 5.10 Å². The van der Waals surface area contributed by atoms with Crippen LogP contribution in [0.5, 0.6) is 0 Å². The van der Waals surface area contributed by atoms with Gasteiger partial charge in [-0.25, -0.2) is 4.52 Å². The Morgan fingerprint density at radius 1 is 1.19 bits per heavy atom. The highest BCUT2D eigenvalue weighted by Crippen LogP contribution is 2.33. The minimum absolute atomic E-state index is 0.179. The number of aryl methyl sites for hydroxylation is 1. The van der Waals surface area contributed by atoms with Crippen molar-refractivity contribution in [3.05, 3.63) is 81.5 Å². The molecule has 4 N–H and O–H groups in total. The van der Waals surface area contributed by atoms with E-state index in [1.807, 2.05) is 31.2 Å². The standard InChI is InChI=1S/C23H21Cl2N5O2/c1-13-2-7-17(15-9-11-30-19(12-15)28-23(26)29-30)21(25)20(13)22(32)27-10-8-18(31)14-3-5-16(24)6-4-14/h2-7,9,11-12,18,31H,8,10H2,1H3,(H2,26,29)(H,27,32). The van der Waals surface area contributed by atoms with Crippen molar-refractivity contribution in [2.75, 3.05) is 12.3 Å². The van der Waals surface area contributed by atoms with Crippen LogP contribution in [-0.2, 0) is 0 Å². The Bertz CT molecular complexity index is 1290. The molecule has 1 amide bonds. The number of aromatic nitrogens is 3. The molecule has 0 aliphatic carbocycles. The largest absolute Gasteiger partial charge is 0.388 e. The van der Waals surface area contributed by atoms with Crippen LogP contribution < -0.4 is 11.1 Å². The number of aliphatic hydroxyl groups is 1. The Morgan fingerprint density at radius 2 is 1.94 bits per heavy atom. The molecule has 0 aliphatic rings. The zero-order valence-corrected chi connectivity index (χ0v) is 18.7.